The molecule has 0 atom stereocenters. The van der Waals surface area contributed by atoms with E-state index >= 15 is 0 Å². The number of imidazole rings is 2. The normalized spacial score (nSPS) is 10.7. The Bertz CT molecular complexity index is 1970. The van der Waals surface area contributed by atoms with Gasteiger partial charge in [-0.05, 0) is 113 Å². The summed E-state index contributed by atoms with van der Waals surface area (Å²) < 4.78 is 15.1. The summed E-state index contributed by atoms with van der Waals surface area (Å²) in [6.07, 6.45) is 10.5. The third-order valence-electron chi connectivity index (χ3n) is 9.66. The molecule has 0 spiro atoms. The summed E-state index contributed by atoms with van der Waals surface area (Å²) in [7, 11) is 0. The van der Waals surface area contributed by atoms with Crippen LogP contribution < -0.4 is 9.80 Å². The molecule has 6 aromatic rings. The largest absolute Gasteiger partial charge is 0.351 e. The van der Waals surface area contributed by atoms with Crippen molar-refractivity contribution in [3.63, 3.8) is 0 Å². The van der Waals surface area contributed by atoms with Crippen molar-refractivity contribution in [1.82, 2.24) is 29.3 Å². The lowest BCUT2D eigenvalue weighted by Crippen LogP contribution is -2.38. The smallest absolute Gasteiger partial charge is 0.258 e. The zero-order valence-corrected chi connectivity index (χ0v) is 34.2. The monoisotopic (exact) mass is 772 g/mol. The van der Waals surface area contributed by atoms with Crippen LogP contribution in [0.1, 0.15) is 59.5 Å². The first-order valence-electron chi connectivity index (χ1n) is 19.7. The summed E-state index contributed by atoms with van der Waals surface area (Å²) in [5, 5.41) is 0. The van der Waals surface area contributed by atoms with E-state index in [1.165, 1.54) is 29.8 Å². The van der Waals surface area contributed by atoms with Gasteiger partial charge in [-0.25, -0.2) is 14.4 Å². The number of benzene rings is 4. The number of carbonyl (C=O) groups is 2. The Morgan fingerprint density at radius 2 is 1.05 bits per heavy atom. The second-order valence-corrected chi connectivity index (χ2v) is 13.4. The number of amides is 2. The van der Waals surface area contributed by atoms with Crippen LogP contribution in [0.15, 0.2) is 135 Å². The number of nitrogens with zero attached hydrogens (tertiary/aromatic N) is 7. The lowest BCUT2D eigenvalue weighted by molar-refractivity contribution is 0.0976. The number of rotatable bonds is 15. The van der Waals surface area contributed by atoms with Gasteiger partial charge in [-0.3, -0.25) is 9.59 Å². The molecule has 0 radical (unpaired) electrons. The van der Waals surface area contributed by atoms with Crippen molar-refractivity contribution in [2.24, 2.45) is 0 Å². The molecule has 0 bridgehead atoms. The van der Waals surface area contributed by atoms with E-state index in [4.69, 9.17) is 0 Å². The second-order valence-electron chi connectivity index (χ2n) is 13.4. The zero-order valence-electron chi connectivity index (χ0n) is 34.2. The summed E-state index contributed by atoms with van der Waals surface area (Å²) in [6.45, 7) is 19.4. The molecule has 0 aliphatic rings. The fourth-order valence-corrected chi connectivity index (χ4v) is 6.02. The first-order chi connectivity index (χ1) is 27.7. The van der Waals surface area contributed by atoms with Gasteiger partial charge < -0.3 is 29.2 Å². The Morgan fingerprint density at radius 1 is 0.596 bits per heavy atom. The molecule has 4 aromatic carbocycles. The number of aryl methyl sites for hydroxylation is 2. The number of H-pyrrole nitrogens is 1. The average Bonchev–Trinajstić information content (AvgIpc) is 4.02. The van der Waals surface area contributed by atoms with E-state index in [-0.39, 0.29) is 17.6 Å². The summed E-state index contributed by atoms with van der Waals surface area (Å²) in [4.78, 5) is 45.0. The van der Waals surface area contributed by atoms with Crippen LogP contribution in [0.2, 0.25) is 0 Å². The van der Waals surface area contributed by atoms with E-state index in [9.17, 15) is 14.0 Å². The van der Waals surface area contributed by atoms with Crippen molar-refractivity contribution >= 4 is 23.2 Å². The van der Waals surface area contributed by atoms with E-state index in [2.05, 4.69) is 71.5 Å². The molecule has 0 aliphatic heterocycles. The van der Waals surface area contributed by atoms with Crippen molar-refractivity contribution in [2.45, 2.75) is 41.5 Å². The third-order valence-corrected chi connectivity index (χ3v) is 9.66. The molecule has 6 rings (SSSR count). The Balaban J connectivity index is 0.000000227. The Labute approximate surface area is 337 Å². The Kier molecular flexibility index (Phi) is 17.9. The van der Waals surface area contributed by atoms with Gasteiger partial charge >= 0.3 is 0 Å². The van der Waals surface area contributed by atoms with Crippen molar-refractivity contribution in [3.05, 3.63) is 163 Å². The highest BCUT2D eigenvalue weighted by atomic mass is 19.1. The number of likely N-dealkylation sites (N-methyl/N-ethyl adjacent to an activating group) is 2. The molecule has 11 heteroatoms. The van der Waals surface area contributed by atoms with Crippen LogP contribution in [-0.2, 0) is 0 Å². The van der Waals surface area contributed by atoms with Gasteiger partial charge in [0.1, 0.15) is 5.82 Å². The fourth-order valence-electron chi connectivity index (χ4n) is 6.02. The number of aromatic amines is 1. The lowest BCUT2D eigenvalue weighted by atomic mass is 10.1. The van der Waals surface area contributed by atoms with Crippen molar-refractivity contribution in [3.8, 4) is 5.69 Å². The first kappa shape index (κ1) is 43.8. The molecule has 0 fully saturated rings. The van der Waals surface area contributed by atoms with E-state index < -0.39 is 0 Å². The number of anilines is 2. The predicted octanol–water partition coefficient (Wildman–Crippen LogP) is 8.70. The van der Waals surface area contributed by atoms with Crippen LogP contribution in [0.5, 0.6) is 0 Å². The van der Waals surface area contributed by atoms with Crippen LogP contribution >= 0.6 is 0 Å². The minimum Gasteiger partial charge on any atom is -0.351 e. The number of aromatic nitrogens is 4. The van der Waals surface area contributed by atoms with Crippen LogP contribution in [-0.4, -0.2) is 93.5 Å². The summed E-state index contributed by atoms with van der Waals surface area (Å²) in [6, 6.07) is 29.5. The maximum atomic E-state index is 13.3. The highest BCUT2D eigenvalue weighted by molar-refractivity contribution is 6.06. The highest BCUT2D eigenvalue weighted by Gasteiger charge is 2.20. The minimum absolute atomic E-state index is 0.0215. The SMILES string of the molecule is CCN(CC)CCN(C(=O)c1ccc(-n2ccnc2)cc1)c1ccc(C)cc1.CCN(CC)CCN(C(=O)c1ccc(F)cc1)c1ccc(C)cc1.c1c[nH]cn1. The molecule has 10 nitrogen and oxygen atoms in total. The van der Waals surface area contributed by atoms with E-state index in [1.807, 2.05) is 83.3 Å². The number of hydrogen-bond donors (Lipinski definition) is 1. The summed E-state index contributed by atoms with van der Waals surface area (Å²) in [5.74, 6) is -0.421. The number of hydrogen-bond acceptors (Lipinski definition) is 6. The van der Waals surface area contributed by atoms with Gasteiger partial charge in [0.2, 0.25) is 0 Å². The fraction of sp³-hybridized carbons (Fsp3) is 0.304. The Hall–Kier alpha value is -5.91. The topological polar surface area (TPSA) is 93.6 Å². The molecule has 2 amide bonds. The van der Waals surface area contributed by atoms with E-state index in [1.54, 1.807) is 36.1 Å². The van der Waals surface area contributed by atoms with E-state index in [0.717, 1.165) is 61.9 Å². The average molecular weight is 773 g/mol. The Morgan fingerprint density at radius 3 is 1.40 bits per heavy atom. The maximum absolute atomic E-state index is 13.3. The van der Waals surface area contributed by atoms with Crippen molar-refractivity contribution in [2.75, 3.05) is 62.2 Å². The minimum atomic E-state index is -0.337. The third kappa shape index (κ3) is 13.7. The summed E-state index contributed by atoms with van der Waals surface area (Å²) in [5.41, 5.74) is 6.30. The van der Waals surface area contributed by atoms with Gasteiger partial charge in [-0.15, -0.1) is 0 Å². The zero-order chi connectivity index (χ0) is 41.0. The predicted molar refractivity (Wildman–Crippen MR) is 230 cm³/mol. The number of nitrogens with one attached hydrogen (secondary N) is 1. The molecule has 0 unspecified atom stereocenters. The molecule has 1 N–H and O–H groups in total. The van der Waals surface area contributed by atoms with Gasteiger partial charge in [-0.2, -0.15) is 0 Å². The molecule has 300 valence electrons. The second kappa shape index (κ2) is 23.2. The lowest BCUT2D eigenvalue weighted by Gasteiger charge is -2.27. The van der Waals surface area contributed by atoms with Crippen molar-refractivity contribution < 1.29 is 14.0 Å². The quantitative estimate of drug-likeness (QED) is 0.112. The van der Waals surface area contributed by atoms with Gasteiger partial charge in [0.25, 0.3) is 11.8 Å². The number of carbonyl (C=O) groups excluding carboxylic acids is 2. The van der Waals surface area contributed by atoms with Gasteiger partial charge in [0.05, 0.1) is 12.7 Å². The molecule has 2 aromatic heterocycles. The maximum Gasteiger partial charge on any atom is 0.258 e. The molecule has 0 saturated heterocycles. The van der Waals surface area contributed by atoms with Crippen LogP contribution in [0, 0.1) is 19.7 Å². The molecular formula is C46H57FN8O2. The van der Waals surface area contributed by atoms with Gasteiger partial charge in [0.15, 0.2) is 0 Å². The molecule has 0 saturated carbocycles. The first-order valence-corrected chi connectivity index (χ1v) is 19.7. The highest BCUT2D eigenvalue weighted by Crippen LogP contribution is 2.21. The standard InChI is InChI=1S/C23H28N4O.C20H25FN2O.C3H4N2/c1-4-25(5-2)16-17-27(22-10-6-19(3)7-11-22)23(28)20-8-12-21(13-9-20)26-15-14-24-18-26;1-4-22(5-2)14-15-23(19-12-6-16(3)7-13-19)20(24)17-8-10-18(21)11-9-17;1-2-5-3-4-1/h6-15,18H,4-5,16-17H2,1-3H3;6-13H,4-5,14-15H2,1-3H3;1-3H,(H,4,5). The summed E-state index contributed by atoms with van der Waals surface area (Å²) >= 11 is 0. The van der Waals surface area contributed by atoms with Crippen LogP contribution in [0.4, 0.5) is 15.8 Å². The number of halogens is 1. The molecule has 57 heavy (non-hydrogen) atoms. The molecule has 0 aliphatic carbocycles. The van der Waals surface area contributed by atoms with Crippen LogP contribution in [0.25, 0.3) is 5.69 Å². The van der Waals surface area contributed by atoms with Gasteiger partial charge in [-0.1, -0.05) is 63.1 Å². The van der Waals surface area contributed by atoms with Crippen molar-refractivity contribution in [1.29, 1.82) is 0 Å². The van der Waals surface area contributed by atoms with Crippen LogP contribution in [0.3, 0.4) is 0 Å². The molecular weight excluding hydrogens is 716 g/mol. The van der Waals surface area contributed by atoms with E-state index in [0.29, 0.717) is 24.2 Å². The van der Waals surface area contributed by atoms with Gasteiger partial charge in [0, 0.05) is 79.2 Å². The molecule has 2 heterocycles.